The van der Waals surface area contributed by atoms with E-state index in [1.807, 2.05) is 11.3 Å². The molecule has 0 aliphatic carbocycles. The molecular formula is C24H36N2OS. The van der Waals surface area contributed by atoms with Crippen molar-refractivity contribution in [1.29, 1.82) is 0 Å². The molecule has 1 aliphatic heterocycles. The Morgan fingerprint density at radius 2 is 2.14 bits per heavy atom. The van der Waals surface area contributed by atoms with Gasteiger partial charge >= 0.3 is 0 Å². The van der Waals surface area contributed by atoms with Crippen molar-refractivity contribution in [3.05, 3.63) is 52.0 Å². The number of pyridine rings is 1. The SMILES string of the molecule is CCC(C)(c1ccc(C)nc1)N1CCC(CCc2cccs2)(COC(C)C)C1. The molecule has 3 nitrogen and oxygen atoms in total. The van der Waals surface area contributed by atoms with Crippen LogP contribution in [0.1, 0.15) is 63.1 Å². The third-order valence-electron chi connectivity index (χ3n) is 6.56. The number of hydrogen-bond donors (Lipinski definition) is 0. The summed E-state index contributed by atoms with van der Waals surface area (Å²) in [5, 5.41) is 2.19. The Morgan fingerprint density at radius 1 is 1.32 bits per heavy atom. The Labute approximate surface area is 175 Å². The first-order valence-corrected chi connectivity index (χ1v) is 11.6. The van der Waals surface area contributed by atoms with Crippen LogP contribution in [-0.4, -0.2) is 35.7 Å². The van der Waals surface area contributed by atoms with Gasteiger partial charge < -0.3 is 4.74 Å². The molecule has 4 heteroatoms. The number of aromatic nitrogens is 1. The van der Waals surface area contributed by atoms with Gasteiger partial charge in [-0.3, -0.25) is 9.88 Å². The van der Waals surface area contributed by atoms with E-state index in [2.05, 4.69) is 80.3 Å². The lowest BCUT2D eigenvalue weighted by Gasteiger charge is -2.40. The minimum atomic E-state index is 0.0310. The van der Waals surface area contributed by atoms with Crippen molar-refractivity contribution < 1.29 is 4.74 Å². The molecule has 154 valence electrons. The molecule has 28 heavy (non-hydrogen) atoms. The zero-order chi connectivity index (χ0) is 20.2. The zero-order valence-corrected chi connectivity index (χ0v) is 19.0. The molecule has 2 aromatic heterocycles. The summed E-state index contributed by atoms with van der Waals surface area (Å²) in [7, 11) is 0. The quantitative estimate of drug-likeness (QED) is 0.530. The summed E-state index contributed by atoms with van der Waals surface area (Å²) in [6, 6.07) is 8.84. The van der Waals surface area contributed by atoms with Crippen LogP contribution >= 0.6 is 11.3 Å². The monoisotopic (exact) mass is 400 g/mol. The first-order valence-electron chi connectivity index (χ1n) is 10.7. The maximum absolute atomic E-state index is 6.18. The summed E-state index contributed by atoms with van der Waals surface area (Å²) in [6.07, 6.45) is 7.01. The highest BCUT2D eigenvalue weighted by atomic mass is 32.1. The summed E-state index contributed by atoms with van der Waals surface area (Å²) in [5.74, 6) is 0. The Bertz CT molecular complexity index is 728. The van der Waals surface area contributed by atoms with Crippen LogP contribution in [0.2, 0.25) is 0 Å². The van der Waals surface area contributed by atoms with E-state index in [0.717, 1.165) is 38.2 Å². The molecule has 2 unspecified atom stereocenters. The summed E-state index contributed by atoms with van der Waals surface area (Å²) in [6.45, 7) is 14.1. The van der Waals surface area contributed by atoms with Gasteiger partial charge in [0.25, 0.3) is 0 Å². The molecule has 0 bridgehead atoms. The summed E-state index contributed by atoms with van der Waals surface area (Å²) in [5.41, 5.74) is 2.69. The summed E-state index contributed by atoms with van der Waals surface area (Å²) < 4.78 is 6.18. The molecule has 1 saturated heterocycles. The molecule has 0 amide bonds. The van der Waals surface area contributed by atoms with Gasteiger partial charge in [0.2, 0.25) is 0 Å². The van der Waals surface area contributed by atoms with Crippen molar-refractivity contribution >= 4 is 11.3 Å². The van der Waals surface area contributed by atoms with Gasteiger partial charge in [0, 0.05) is 34.3 Å². The fraction of sp³-hybridized carbons (Fsp3) is 0.625. The largest absolute Gasteiger partial charge is 0.378 e. The van der Waals surface area contributed by atoms with Crippen LogP contribution < -0.4 is 0 Å². The average molecular weight is 401 g/mol. The van der Waals surface area contributed by atoms with E-state index in [9.17, 15) is 0 Å². The van der Waals surface area contributed by atoms with Crippen molar-refractivity contribution in [2.24, 2.45) is 5.41 Å². The van der Waals surface area contributed by atoms with Crippen molar-refractivity contribution in [1.82, 2.24) is 9.88 Å². The van der Waals surface area contributed by atoms with Crippen molar-refractivity contribution in [2.75, 3.05) is 19.7 Å². The van der Waals surface area contributed by atoms with Crippen LogP contribution in [-0.2, 0) is 16.7 Å². The van der Waals surface area contributed by atoms with Crippen LogP contribution in [0.25, 0.3) is 0 Å². The van der Waals surface area contributed by atoms with E-state index in [1.54, 1.807) is 0 Å². The standard InChI is InChI=1S/C24H36N2OS/c1-6-23(5,21-10-9-20(4)25-16-21)26-14-13-24(17-26,18-27-19(2)3)12-11-22-8-7-15-28-22/h7-10,15-16,19H,6,11-14,17-18H2,1-5H3. The lowest BCUT2D eigenvalue weighted by atomic mass is 9.82. The van der Waals surface area contributed by atoms with Gasteiger partial charge in [0.1, 0.15) is 0 Å². The third-order valence-corrected chi connectivity index (χ3v) is 7.50. The second-order valence-electron chi connectivity index (χ2n) is 8.93. The van der Waals surface area contributed by atoms with Gasteiger partial charge in [-0.1, -0.05) is 19.1 Å². The Balaban J connectivity index is 1.78. The van der Waals surface area contributed by atoms with E-state index in [0.29, 0.717) is 0 Å². The Morgan fingerprint density at radius 3 is 2.75 bits per heavy atom. The van der Waals surface area contributed by atoms with E-state index in [1.165, 1.54) is 23.3 Å². The number of hydrogen-bond acceptors (Lipinski definition) is 4. The maximum Gasteiger partial charge on any atom is 0.0538 e. The molecule has 0 spiro atoms. The minimum Gasteiger partial charge on any atom is -0.378 e. The lowest BCUT2D eigenvalue weighted by Crippen LogP contribution is -2.44. The molecule has 0 N–H and O–H groups in total. The van der Waals surface area contributed by atoms with Crippen LogP contribution in [0.5, 0.6) is 0 Å². The molecule has 1 aliphatic rings. The van der Waals surface area contributed by atoms with Crippen LogP contribution in [0.4, 0.5) is 0 Å². The molecule has 2 aromatic rings. The molecule has 1 fully saturated rings. The minimum absolute atomic E-state index is 0.0310. The van der Waals surface area contributed by atoms with Gasteiger partial charge in [0.05, 0.1) is 12.7 Å². The zero-order valence-electron chi connectivity index (χ0n) is 18.2. The second-order valence-corrected chi connectivity index (χ2v) is 9.96. The lowest BCUT2D eigenvalue weighted by molar-refractivity contribution is -0.000543. The third kappa shape index (κ3) is 4.84. The Hall–Kier alpha value is -1.23. The van der Waals surface area contributed by atoms with Gasteiger partial charge in [-0.25, -0.2) is 0 Å². The topological polar surface area (TPSA) is 25.4 Å². The van der Waals surface area contributed by atoms with E-state index in [4.69, 9.17) is 4.74 Å². The molecule has 0 saturated carbocycles. The highest BCUT2D eigenvalue weighted by Gasteiger charge is 2.45. The van der Waals surface area contributed by atoms with Crippen LogP contribution in [0.15, 0.2) is 35.8 Å². The number of thiophene rings is 1. The van der Waals surface area contributed by atoms with Gasteiger partial charge in [-0.05, 0) is 83.0 Å². The van der Waals surface area contributed by atoms with Gasteiger partial charge in [-0.15, -0.1) is 11.3 Å². The number of ether oxygens (including phenoxy) is 1. The smallest absolute Gasteiger partial charge is 0.0538 e. The van der Waals surface area contributed by atoms with Crippen molar-refractivity contribution in [2.45, 2.75) is 71.9 Å². The fourth-order valence-electron chi connectivity index (χ4n) is 4.33. The van der Waals surface area contributed by atoms with E-state index in [-0.39, 0.29) is 17.1 Å². The predicted octanol–water partition coefficient (Wildman–Crippen LogP) is 5.83. The van der Waals surface area contributed by atoms with E-state index < -0.39 is 0 Å². The highest BCUT2D eigenvalue weighted by Crippen LogP contribution is 2.43. The number of likely N-dealkylation sites (tertiary alicyclic amines) is 1. The summed E-state index contributed by atoms with van der Waals surface area (Å²) in [4.78, 5) is 8.76. The molecule has 3 rings (SSSR count). The van der Waals surface area contributed by atoms with Gasteiger partial charge in [-0.2, -0.15) is 0 Å². The number of aryl methyl sites for hydroxylation is 2. The van der Waals surface area contributed by atoms with Crippen LogP contribution in [0.3, 0.4) is 0 Å². The van der Waals surface area contributed by atoms with Crippen molar-refractivity contribution in [3.63, 3.8) is 0 Å². The predicted molar refractivity (Wildman–Crippen MR) is 119 cm³/mol. The van der Waals surface area contributed by atoms with Crippen molar-refractivity contribution in [3.8, 4) is 0 Å². The maximum atomic E-state index is 6.18. The molecule has 0 aromatic carbocycles. The molecule has 0 radical (unpaired) electrons. The number of nitrogens with zero attached hydrogens (tertiary/aromatic N) is 2. The highest BCUT2D eigenvalue weighted by molar-refractivity contribution is 7.09. The first kappa shape index (κ1) is 21.5. The normalized spacial score (nSPS) is 22.6. The molecule has 2 atom stereocenters. The fourth-order valence-corrected chi connectivity index (χ4v) is 5.04. The Kier molecular flexibility index (Phi) is 6.95. The first-order chi connectivity index (χ1) is 13.4. The van der Waals surface area contributed by atoms with Gasteiger partial charge in [0.15, 0.2) is 0 Å². The summed E-state index contributed by atoms with van der Waals surface area (Å²) >= 11 is 1.88. The van der Waals surface area contributed by atoms with E-state index >= 15 is 0 Å². The second kappa shape index (κ2) is 9.06. The molecule has 3 heterocycles. The number of rotatable bonds is 9. The average Bonchev–Trinajstić information content (AvgIpc) is 3.35. The molecular weight excluding hydrogens is 364 g/mol. The van der Waals surface area contributed by atoms with Crippen LogP contribution in [0, 0.1) is 12.3 Å².